The van der Waals surface area contributed by atoms with Gasteiger partial charge >= 0.3 is 0 Å². The highest BCUT2D eigenvalue weighted by atomic mass is 14.1. The summed E-state index contributed by atoms with van der Waals surface area (Å²) in [5, 5.41) is 12.8. The van der Waals surface area contributed by atoms with Gasteiger partial charge in [0.1, 0.15) is 0 Å². The van der Waals surface area contributed by atoms with Crippen molar-refractivity contribution in [2.45, 2.75) is 0 Å². The first-order valence-electron chi connectivity index (χ1n) is 17.3. The fourth-order valence-corrected chi connectivity index (χ4v) is 7.78. The quantitative estimate of drug-likeness (QED) is 0.169. The molecule has 232 valence electrons. The summed E-state index contributed by atoms with van der Waals surface area (Å²) in [5.41, 5.74) is 9.88. The lowest BCUT2D eigenvalue weighted by Gasteiger charge is -2.12. The molecule has 50 heavy (non-hydrogen) atoms. The predicted octanol–water partition coefficient (Wildman–Crippen LogP) is 14.1. The zero-order valence-corrected chi connectivity index (χ0v) is 27.5. The minimum absolute atomic E-state index is 1.22. The van der Waals surface area contributed by atoms with Crippen molar-refractivity contribution in [1.29, 1.82) is 0 Å². The molecule has 0 spiro atoms. The van der Waals surface area contributed by atoms with Crippen LogP contribution in [0.1, 0.15) is 0 Å². The molecule has 0 heteroatoms. The average Bonchev–Trinajstić information content (AvgIpc) is 3.20. The van der Waals surface area contributed by atoms with Gasteiger partial charge in [0.15, 0.2) is 0 Å². The largest absolute Gasteiger partial charge is 0.0622 e. The van der Waals surface area contributed by atoms with Gasteiger partial charge in [-0.1, -0.05) is 164 Å². The minimum atomic E-state index is 1.22. The first kappa shape index (κ1) is 28.5. The van der Waals surface area contributed by atoms with Crippen molar-refractivity contribution < 1.29 is 0 Å². The van der Waals surface area contributed by atoms with Crippen LogP contribution in [0.2, 0.25) is 0 Å². The van der Waals surface area contributed by atoms with E-state index in [2.05, 4.69) is 194 Å². The summed E-state index contributed by atoms with van der Waals surface area (Å²) in [6.07, 6.45) is 0. The molecule has 10 aromatic rings. The van der Waals surface area contributed by atoms with E-state index in [0.717, 1.165) is 0 Å². The lowest BCUT2D eigenvalue weighted by molar-refractivity contribution is 1.61. The summed E-state index contributed by atoms with van der Waals surface area (Å²) >= 11 is 0. The second-order valence-corrected chi connectivity index (χ2v) is 13.3. The van der Waals surface area contributed by atoms with Gasteiger partial charge in [-0.15, -0.1) is 0 Å². The molecule has 0 aromatic heterocycles. The molecule has 0 saturated heterocycles. The Bertz CT molecular complexity index is 2860. The van der Waals surface area contributed by atoms with Crippen molar-refractivity contribution in [3.05, 3.63) is 194 Å². The molecule has 0 aliphatic carbocycles. The van der Waals surface area contributed by atoms with Crippen molar-refractivity contribution in [1.82, 2.24) is 0 Å². The smallest absolute Gasteiger partial charge is 0.00928 e. The van der Waals surface area contributed by atoms with Crippen LogP contribution in [0.4, 0.5) is 0 Å². The first-order valence-corrected chi connectivity index (χ1v) is 17.3. The van der Waals surface area contributed by atoms with Crippen molar-refractivity contribution in [3.63, 3.8) is 0 Å². The van der Waals surface area contributed by atoms with Gasteiger partial charge in [0.2, 0.25) is 0 Å². The molecule has 0 aliphatic rings. The van der Waals surface area contributed by atoms with Crippen LogP contribution in [0.3, 0.4) is 0 Å². The molecule has 0 amide bonds. The molecule has 0 N–H and O–H groups in total. The van der Waals surface area contributed by atoms with Gasteiger partial charge in [-0.25, -0.2) is 0 Å². The van der Waals surface area contributed by atoms with E-state index in [1.54, 1.807) is 0 Å². The molecule has 10 rings (SSSR count). The summed E-state index contributed by atoms with van der Waals surface area (Å²) in [6, 6.07) is 71.3. The Morgan fingerprint density at radius 2 is 0.440 bits per heavy atom. The molecule has 0 aliphatic heterocycles. The molecule has 10 aromatic carbocycles. The maximum absolute atomic E-state index is 2.37. The Morgan fingerprint density at radius 1 is 0.160 bits per heavy atom. The third kappa shape index (κ3) is 4.85. The van der Waals surface area contributed by atoms with Crippen LogP contribution in [-0.4, -0.2) is 0 Å². The van der Waals surface area contributed by atoms with Gasteiger partial charge in [-0.05, 0) is 129 Å². The van der Waals surface area contributed by atoms with Crippen molar-refractivity contribution >= 4 is 53.9 Å². The van der Waals surface area contributed by atoms with Gasteiger partial charge in [-0.2, -0.15) is 0 Å². The third-order valence-corrected chi connectivity index (χ3v) is 10.4. The van der Waals surface area contributed by atoms with Gasteiger partial charge in [-0.3, -0.25) is 0 Å². The standard InChI is InChI=1S/C50H32/c1-2-8-33(9-3-1)36-18-21-40-29-37(19-22-39(40)28-36)34-14-16-35(17-15-34)38-20-23-42-31-43(25-24-41(42)30-38)44-26-27-49-47-12-5-4-10-45(47)46-11-6-7-13-48(46)50(49)32-44/h1-32H. The van der Waals surface area contributed by atoms with Crippen LogP contribution in [0.5, 0.6) is 0 Å². The van der Waals surface area contributed by atoms with E-state index in [4.69, 9.17) is 0 Å². The fourth-order valence-electron chi connectivity index (χ4n) is 7.78. The summed E-state index contributed by atoms with van der Waals surface area (Å²) in [5.74, 6) is 0. The Hall–Kier alpha value is -6.50. The highest BCUT2D eigenvalue weighted by Crippen LogP contribution is 2.38. The molecule has 0 unspecified atom stereocenters. The second kappa shape index (κ2) is 11.6. The van der Waals surface area contributed by atoms with Crippen molar-refractivity contribution in [2.75, 3.05) is 0 Å². The Balaban J connectivity index is 0.947. The van der Waals surface area contributed by atoms with Crippen molar-refractivity contribution in [3.8, 4) is 44.5 Å². The number of rotatable bonds is 4. The highest BCUT2D eigenvalue weighted by molar-refractivity contribution is 6.25. The molecule has 0 heterocycles. The molecule has 0 bridgehead atoms. The number of benzene rings is 10. The normalized spacial score (nSPS) is 11.6. The maximum atomic E-state index is 2.37. The summed E-state index contributed by atoms with van der Waals surface area (Å²) in [4.78, 5) is 0. The van der Waals surface area contributed by atoms with Crippen LogP contribution in [0.15, 0.2) is 194 Å². The topological polar surface area (TPSA) is 0 Å². The van der Waals surface area contributed by atoms with E-state index >= 15 is 0 Å². The molecule has 0 radical (unpaired) electrons. The third-order valence-electron chi connectivity index (χ3n) is 10.4. The molecule has 0 atom stereocenters. The summed E-state index contributed by atoms with van der Waals surface area (Å²) < 4.78 is 0. The Labute approximate surface area is 291 Å². The predicted molar refractivity (Wildman–Crippen MR) is 216 cm³/mol. The molecular weight excluding hydrogens is 601 g/mol. The van der Waals surface area contributed by atoms with E-state index in [1.165, 1.54) is 98.4 Å². The zero-order chi connectivity index (χ0) is 33.0. The van der Waals surface area contributed by atoms with E-state index in [1.807, 2.05) is 0 Å². The molecule has 0 nitrogen and oxygen atoms in total. The average molecular weight is 633 g/mol. The number of hydrogen-bond acceptors (Lipinski definition) is 0. The van der Waals surface area contributed by atoms with Crippen LogP contribution in [0.25, 0.3) is 98.4 Å². The first-order chi connectivity index (χ1) is 24.7. The lowest BCUT2D eigenvalue weighted by atomic mass is 9.91. The Kier molecular flexibility index (Phi) is 6.60. The lowest BCUT2D eigenvalue weighted by Crippen LogP contribution is -1.86. The highest BCUT2D eigenvalue weighted by Gasteiger charge is 2.11. The van der Waals surface area contributed by atoms with Crippen LogP contribution >= 0.6 is 0 Å². The summed E-state index contributed by atoms with van der Waals surface area (Å²) in [7, 11) is 0. The minimum Gasteiger partial charge on any atom is -0.0622 e. The molecular formula is C50H32. The number of fused-ring (bicyclic) bond motifs is 8. The number of hydrogen-bond donors (Lipinski definition) is 0. The second-order valence-electron chi connectivity index (χ2n) is 13.3. The monoisotopic (exact) mass is 632 g/mol. The van der Waals surface area contributed by atoms with Gasteiger partial charge < -0.3 is 0 Å². The van der Waals surface area contributed by atoms with Crippen molar-refractivity contribution in [2.24, 2.45) is 0 Å². The Morgan fingerprint density at radius 3 is 0.880 bits per heavy atom. The van der Waals surface area contributed by atoms with E-state index in [0.29, 0.717) is 0 Å². The zero-order valence-electron chi connectivity index (χ0n) is 27.5. The van der Waals surface area contributed by atoms with E-state index in [9.17, 15) is 0 Å². The van der Waals surface area contributed by atoms with Crippen LogP contribution in [-0.2, 0) is 0 Å². The van der Waals surface area contributed by atoms with E-state index in [-0.39, 0.29) is 0 Å². The van der Waals surface area contributed by atoms with Gasteiger partial charge in [0.05, 0.1) is 0 Å². The molecule has 0 fully saturated rings. The molecule has 0 saturated carbocycles. The van der Waals surface area contributed by atoms with Crippen LogP contribution in [0, 0.1) is 0 Å². The van der Waals surface area contributed by atoms with Gasteiger partial charge in [0.25, 0.3) is 0 Å². The van der Waals surface area contributed by atoms with Crippen LogP contribution < -0.4 is 0 Å². The fraction of sp³-hybridized carbons (Fsp3) is 0. The van der Waals surface area contributed by atoms with E-state index < -0.39 is 0 Å². The maximum Gasteiger partial charge on any atom is -0.00928 e. The SMILES string of the molecule is c1ccc(-c2ccc3cc(-c4ccc(-c5ccc6cc(-c7ccc8c9ccccc9c9ccccc9c8c7)ccc6c5)cc4)ccc3c2)cc1. The van der Waals surface area contributed by atoms with Gasteiger partial charge in [0, 0.05) is 0 Å². The summed E-state index contributed by atoms with van der Waals surface area (Å²) in [6.45, 7) is 0.